The Morgan fingerprint density at radius 3 is 2.73 bits per heavy atom. The summed E-state index contributed by atoms with van der Waals surface area (Å²) in [7, 11) is 0. The van der Waals surface area contributed by atoms with Gasteiger partial charge in [-0.1, -0.05) is 29.8 Å². The minimum Gasteiger partial charge on any atom is -0.356 e. The topological polar surface area (TPSA) is 37.3 Å². The maximum atomic E-state index is 12.1. The number of pyridine rings is 1. The molecule has 1 fully saturated rings. The number of hydrogen-bond donors (Lipinski definition) is 1. The van der Waals surface area contributed by atoms with Gasteiger partial charge in [0.25, 0.3) is 5.56 Å². The maximum Gasteiger partial charge on any atom is 0.250 e. The summed E-state index contributed by atoms with van der Waals surface area (Å²) in [5.74, 6) is 0.828. The summed E-state index contributed by atoms with van der Waals surface area (Å²) in [6, 6.07) is 13.6. The standard InChI is InChI=1S/C20H22ClN3OS/c1-13(15-5-7-17(21)8-6-15)22-20(26)23-10-14-9-16(12-23)18-3-2-4-19(25)24(18)11-14/h2-8,13-14,16H,9-12H2,1H3,(H,22,26)/t13?,14-,16+/m0/s1. The van der Waals surface area contributed by atoms with Crippen LogP contribution in [0.5, 0.6) is 0 Å². The Morgan fingerprint density at radius 2 is 1.96 bits per heavy atom. The number of thiocarbonyl (C=S) groups is 1. The van der Waals surface area contributed by atoms with Crippen LogP contribution in [-0.2, 0) is 6.54 Å². The molecule has 1 aromatic heterocycles. The van der Waals surface area contributed by atoms with E-state index in [1.807, 2.05) is 34.9 Å². The second-order valence-corrected chi connectivity index (χ2v) is 8.15. The summed E-state index contributed by atoms with van der Waals surface area (Å²) in [5, 5.41) is 4.98. The van der Waals surface area contributed by atoms with E-state index in [9.17, 15) is 4.79 Å². The predicted molar refractivity (Wildman–Crippen MR) is 109 cm³/mol. The smallest absolute Gasteiger partial charge is 0.250 e. The Kier molecular flexibility index (Phi) is 4.76. The molecule has 0 radical (unpaired) electrons. The van der Waals surface area contributed by atoms with Gasteiger partial charge in [-0.2, -0.15) is 0 Å². The third kappa shape index (κ3) is 3.38. The van der Waals surface area contributed by atoms with Crippen molar-refractivity contribution in [1.29, 1.82) is 0 Å². The Morgan fingerprint density at radius 1 is 1.19 bits per heavy atom. The zero-order valence-corrected chi connectivity index (χ0v) is 16.3. The van der Waals surface area contributed by atoms with Gasteiger partial charge >= 0.3 is 0 Å². The van der Waals surface area contributed by atoms with Gasteiger partial charge in [-0.15, -0.1) is 0 Å². The summed E-state index contributed by atoms with van der Waals surface area (Å²) in [5.41, 5.74) is 2.42. The first kappa shape index (κ1) is 17.6. The summed E-state index contributed by atoms with van der Waals surface area (Å²) in [4.78, 5) is 14.4. The lowest BCUT2D eigenvalue weighted by Crippen LogP contribution is -2.52. The van der Waals surface area contributed by atoms with Crippen LogP contribution >= 0.6 is 23.8 Å². The van der Waals surface area contributed by atoms with Crippen molar-refractivity contribution in [2.75, 3.05) is 13.1 Å². The lowest BCUT2D eigenvalue weighted by atomic mass is 9.83. The number of benzene rings is 1. The van der Waals surface area contributed by atoms with E-state index in [0.717, 1.165) is 47.4 Å². The summed E-state index contributed by atoms with van der Waals surface area (Å²) in [6.07, 6.45) is 1.13. The maximum absolute atomic E-state index is 12.1. The van der Waals surface area contributed by atoms with E-state index in [1.165, 1.54) is 0 Å². The molecule has 1 unspecified atom stereocenters. The first-order valence-corrected chi connectivity index (χ1v) is 9.80. The van der Waals surface area contributed by atoms with Crippen LogP contribution in [0.1, 0.15) is 36.6 Å². The van der Waals surface area contributed by atoms with Crippen molar-refractivity contribution in [3.63, 3.8) is 0 Å². The average molecular weight is 388 g/mol. The number of likely N-dealkylation sites (tertiary alicyclic amines) is 1. The van der Waals surface area contributed by atoms with Crippen LogP contribution in [0.3, 0.4) is 0 Å². The number of hydrogen-bond acceptors (Lipinski definition) is 2. The van der Waals surface area contributed by atoms with E-state index in [1.54, 1.807) is 6.07 Å². The third-order valence-corrected chi connectivity index (χ3v) is 6.10. The molecule has 0 aliphatic carbocycles. The number of aromatic nitrogens is 1. The van der Waals surface area contributed by atoms with Gasteiger partial charge in [-0.25, -0.2) is 0 Å². The second-order valence-electron chi connectivity index (χ2n) is 7.33. The van der Waals surface area contributed by atoms with E-state index < -0.39 is 0 Å². The monoisotopic (exact) mass is 387 g/mol. The average Bonchev–Trinajstić information content (AvgIpc) is 2.63. The highest BCUT2D eigenvalue weighted by Gasteiger charge is 2.35. The van der Waals surface area contributed by atoms with Crippen LogP contribution in [-0.4, -0.2) is 27.7 Å². The molecule has 6 heteroatoms. The van der Waals surface area contributed by atoms with Gasteiger partial charge in [0, 0.05) is 42.3 Å². The van der Waals surface area contributed by atoms with Gasteiger partial charge in [0.15, 0.2) is 5.11 Å². The van der Waals surface area contributed by atoms with Gasteiger partial charge in [0.2, 0.25) is 0 Å². The summed E-state index contributed by atoms with van der Waals surface area (Å²) >= 11 is 11.7. The van der Waals surface area contributed by atoms with Gasteiger partial charge in [-0.3, -0.25) is 4.79 Å². The van der Waals surface area contributed by atoms with Crippen LogP contribution in [0.25, 0.3) is 0 Å². The zero-order chi connectivity index (χ0) is 18.3. The Bertz CT molecular complexity index is 879. The second kappa shape index (κ2) is 7.05. The molecule has 0 spiro atoms. The predicted octanol–water partition coefficient (Wildman–Crippen LogP) is 3.56. The molecule has 0 amide bonds. The fraction of sp³-hybridized carbons (Fsp3) is 0.400. The molecule has 3 atom stereocenters. The largest absolute Gasteiger partial charge is 0.356 e. The molecule has 26 heavy (non-hydrogen) atoms. The Balaban J connectivity index is 1.47. The number of piperidine rings is 1. The van der Waals surface area contributed by atoms with E-state index in [-0.39, 0.29) is 11.6 Å². The van der Waals surface area contributed by atoms with Gasteiger partial charge in [0.05, 0.1) is 6.04 Å². The molecule has 0 saturated carbocycles. The SMILES string of the molecule is CC(NC(=S)N1C[C@@H]2C[C@H](C1)c1cccc(=O)n1C2)c1ccc(Cl)cc1. The van der Waals surface area contributed by atoms with Crippen LogP contribution in [0, 0.1) is 5.92 Å². The van der Waals surface area contributed by atoms with Gasteiger partial charge < -0.3 is 14.8 Å². The number of rotatable bonds is 2. The molecular formula is C20H22ClN3OS. The van der Waals surface area contributed by atoms with Crippen molar-refractivity contribution >= 4 is 28.9 Å². The Labute approximate surface area is 163 Å². The molecular weight excluding hydrogens is 366 g/mol. The van der Waals surface area contributed by atoms with E-state index in [0.29, 0.717) is 11.8 Å². The van der Waals surface area contributed by atoms with Crippen LogP contribution < -0.4 is 10.9 Å². The first-order chi connectivity index (χ1) is 12.5. The molecule has 2 bridgehead atoms. The van der Waals surface area contributed by atoms with Crippen molar-refractivity contribution in [2.24, 2.45) is 5.92 Å². The van der Waals surface area contributed by atoms with Gasteiger partial charge in [0.1, 0.15) is 0 Å². The third-order valence-electron chi connectivity index (χ3n) is 5.48. The molecule has 3 heterocycles. The highest BCUT2D eigenvalue weighted by atomic mass is 35.5. The molecule has 2 aliphatic heterocycles. The fourth-order valence-electron chi connectivity index (χ4n) is 4.17. The quantitative estimate of drug-likeness (QED) is 0.799. The van der Waals surface area contributed by atoms with E-state index >= 15 is 0 Å². The van der Waals surface area contributed by atoms with Crippen molar-refractivity contribution < 1.29 is 0 Å². The first-order valence-electron chi connectivity index (χ1n) is 9.02. The molecule has 1 aromatic carbocycles. The zero-order valence-electron chi connectivity index (χ0n) is 14.7. The fourth-order valence-corrected chi connectivity index (χ4v) is 4.63. The molecule has 2 aromatic rings. The minimum absolute atomic E-state index is 0.114. The minimum atomic E-state index is 0.114. The molecule has 4 nitrogen and oxygen atoms in total. The van der Waals surface area contributed by atoms with Crippen LogP contribution in [0.4, 0.5) is 0 Å². The van der Waals surface area contributed by atoms with Crippen LogP contribution in [0.2, 0.25) is 5.02 Å². The highest BCUT2D eigenvalue weighted by molar-refractivity contribution is 7.80. The lowest BCUT2D eigenvalue weighted by Gasteiger charge is -2.44. The van der Waals surface area contributed by atoms with Crippen molar-refractivity contribution in [3.05, 3.63) is 69.1 Å². The lowest BCUT2D eigenvalue weighted by molar-refractivity contribution is 0.176. The van der Waals surface area contributed by atoms with Crippen molar-refractivity contribution in [3.8, 4) is 0 Å². The molecule has 1 saturated heterocycles. The van der Waals surface area contributed by atoms with Gasteiger partial charge in [-0.05, 0) is 55.2 Å². The molecule has 2 aliphatic rings. The number of halogens is 1. The van der Waals surface area contributed by atoms with E-state index in [4.69, 9.17) is 23.8 Å². The summed E-state index contributed by atoms with van der Waals surface area (Å²) in [6.45, 7) is 4.65. The van der Waals surface area contributed by atoms with Crippen molar-refractivity contribution in [2.45, 2.75) is 31.8 Å². The summed E-state index contributed by atoms with van der Waals surface area (Å²) < 4.78 is 1.95. The molecule has 1 N–H and O–H groups in total. The highest BCUT2D eigenvalue weighted by Crippen LogP contribution is 2.35. The molecule has 4 rings (SSSR count). The van der Waals surface area contributed by atoms with Crippen LogP contribution in [0.15, 0.2) is 47.3 Å². The Hall–Kier alpha value is -1.85. The number of fused-ring (bicyclic) bond motifs is 4. The normalized spacial score (nSPS) is 22.5. The number of nitrogens with one attached hydrogen (secondary N) is 1. The molecule has 136 valence electrons. The van der Waals surface area contributed by atoms with E-state index in [2.05, 4.69) is 23.2 Å². The van der Waals surface area contributed by atoms with Crippen molar-refractivity contribution in [1.82, 2.24) is 14.8 Å². The number of nitrogens with zero attached hydrogens (tertiary/aromatic N) is 2.